The first-order valence-corrected chi connectivity index (χ1v) is 10.7. The molecule has 1 N–H and O–H groups in total. The van der Waals surface area contributed by atoms with Crippen LogP contribution in [0.5, 0.6) is 0 Å². The van der Waals surface area contributed by atoms with Crippen molar-refractivity contribution in [2.24, 2.45) is 22.7 Å². The van der Waals surface area contributed by atoms with Crippen molar-refractivity contribution in [3.63, 3.8) is 0 Å². The topological polar surface area (TPSA) is 54.4 Å². The van der Waals surface area contributed by atoms with Gasteiger partial charge in [-0.25, -0.2) is 13.2 Å². The van der Waals surface area contributed by atoms with Gasteiger partial charge in [0.2, 0.25) is 0 Å². The van der Waals surface area contributed by atoms with Crippen LogP contribution in [0.3, 0.4) is 0 Å². The molecule has 7 atom stereocenters. The van der Waals surface area contributed by atoms with Crippen LogP contribution in [-0.4, -0.2) is 40.0 Å². The fourth-order valence-corrected chi connectivity index (χ4v) is 6.43. The number of hydrogen-bond acceptors (Lipinski definition) is 4. The molecule has 0 aromatic carbocycles. The Morgan fingerprint density at radius 3 is 2.64 bits per heavy atom. The number of ketones is 1. The summed E-state index contributed by atoms with van der Waals surface area (Å²) in [5.41, 5.74) is -4.20. The van der Waals surface area contributed by atoms with Crippen molar-refractivity contribution in [3.8, 4) is 0 Å². The van der Waals surface area contributed by atoms with E-state index in [1.165, 1.54) is 26.0 Å². The zero-order valence-electron chi connectivity index (χ0n) is 16.4. The summed E-state index contributed by atoms with van der Waals surface area (Å²) in [4.78, 5) is 24.1. The largest absolute Gasteiger partial charge is 0.390 e. The van der Waals surface area contributed by atoms with Gasteiger partial charge in [-0.15, -0.1) is 0 Å². The molecule has 0 aromatic heterocycles. The fourth-order valence-electron chi connectivity index (χ4n) is 5.73. The number of carbonyl (C=O) groups excluding carboxylic acids is 2. The normalized spacial score (nSPS) is 44.2. The molecular weight excluding hydrogens is 389 g/mol. The second kappa shape index (κ2) is 7.31. The average Bonchev–Trinajstić information content (AvgIpc) is 2.93. The molecule has 0 amide bonds. The highest BCUT2D eigenvalue weighted by Crippen LogP contribution is 2.64. The Hall–Kier alpha value is -1.08. The molecule has 3 aliphatic carbocycles. The smallest absolute Gasteiger partial charge is 0.195 e. The zero-order valence-corrected chi connectivity index (χ0v) is 17.2. The Kier molecular flexibility index (Phi) is 5.65. The Morgan fingerprint density at radius 2 is 2.04 bits per heavy atom. The second-order valence-electron chi connectivity index (χ2n) is 8.85. The third-order valence-corrected chi connectivity index (χ3v) is 8.17. The number of alkyl halides is 3. The number of halogens is 3. The molecule has 3 rings (SSSR count). The SMILES string of the molecule is C[C@H](F)C1=CC(=O)C=CC1(C)[C@]1(F)CC2CCC(C(=O)SCF)C2(C)CC1O. The molecule has 3 nitrogen and oxygen atoms in total. The maximum absolute atomic E-state index is 16.5. The Morgan fingerprint density at radius 1 is 1.36 bits per heavy atom. The van der Waals surface area contributed by atoms with Crippen molar-refractivity contribution in [2.75, 3.05) is 6.01 Å². The molecule has 0 saturated heterocycles. The molecule has 156 valence electrons. The lowest BCUT2D eigenvalue weighted by Gasteiger charge is -2.55. The maximum Gasteiger partial charge on any atom is 0.195 e. The van der Waals surface area contributed by atoms with E-state index in [2.05, 4.69) is 0 Å². The van der Waals surface area contributed by atoms with E-state index in [1.807, 2.05) is 6.92 Å². The van der Waals surface area contributed by atoms with Crippen molar-refractivity contribution in [3.05, 3.63) is 23.8 Å². The third-order valence-electron chi connectivity index (χ3n) is 7.49. The number of fused-ring (bicyclic) bond motifs is 1. The van der Waals surface area contributed by atoms with Crippen LogP contribution in [0.25, 0.3) is 0 Å². The molecule has 28 heavy (non-hydrogen) atoms. The van der Waals surface area contributed by atoms with Crippen molar-refractivity contribution in [2.45, 2.75) is 64.4 Å². The molecule has 0 radical (unpaired) electrons. The van der Waals surface area contributed by atoms with Gasteiger partial charge in [0.05, 0.1) is 6.10 Å². The maximum atomic E-state index is 16.5. The molecule has 2 fully saturated rings. The van der Waals surface area contributed by atoms with Crippen LogP contribution in [0.1, 0.15) is 46.5 Å². The number of aliphatic hydroxyl groups excluding tert-OH is 1. The summed E-state index contributed by atoms with van der Waals surface area (Å²) in [5, 5.41) is 10.7. The van der Waals surface area contributed by atoms with Crippen LogP contribution in [0.15, 0.2) is 23.8 Å². The first kappa shape index (κ1) is 21.6. The van der Waals surface area contributed by atoms with Crippen LogP contribution in [0.2, 0.25) is 0 Å². The van der Waals surface area contributed by atoms with Crippen molar-refractivity contribution < 1.29 is 27.9 Å². The van der Waals surface area contributed by atoms with Gasteiger partial charge in [-0.05, 0) is 68.6 Å². The lowest BCUT2D eigenvalue weighted by molar-refractivity contribution is -0.149. The van der Waals surface area contributed by atoms with Crippen LogP contribution in [0, 0.1) is 22.7 Å². The molecule has 5 unspecified atom stereocenters. The minimum absolute atomic E-state index is 0.0313. The van der Waals surface area contributed by atoms with E-state index in [-0.39, 0.29) is 29.4 Å². The highest BCUT2D eigenvalue weighted by molar-refractivity contribution is 8.13. The van der Waals surface area contributed by atoms with E-state index in [4.69, 9.17) is 0 Å². The Labute approximate surface area is 167 Å². The number of carbonyl (C=O) groups is 2. The van der Waals surface area contributed by atoms with Gasteiger partial charge in [0.25, 0.3) is 0 Å². The summed E-state index contributed by atoms with van der Waals surface area (Å²) in [5.74, 6) is -1.01. The molecule has 3 aliphatic rings. The molecular formula is C21H27F3O3S. The van der Waals surface area contributed by atoms with Crippen LogP contribution in [-0.2, 0) is 9.59 Å². The van der Waals surface area contributed by atoms with E-state index >= 15 is 4.39 Å². The molecule has 0 spiro atoms. The van der Waals surface area contributed by atoms with Crippen molar-refractivity contribution in [1.29, 1.82) is 0 Å². The van der Waals surface area contributed by atoms with E-state index in [1.54, 1.807) is 0 Å². The summed E-state index contributed by atoms with van der Waals surface area (Å²) in [6.07, 6.45) is 1.91. The summed E-state index contributed by atoms with van der Waals surface area (Å²) in [7, 11) is 0. The molecule has 0 aliphatic heterocycles. The van der Waals surface area contributed by atoms with E-state index in [0.29, 0.717) is 24.6 Å². The van der Waals surface area contributed by atoms with Gasteiger partial charge < -0.3 is 5.11 Å². The van der Waals surface area contributed by atoms with E-state index in [9.17, 15) is 23.5 Å². The Bertz CT molecular complexity index is 736. The van der Waals surface area contributed by atoms with Gasteiger partial charge in [0.15, 0.2) is 10.9 Å². The first-order chi connectivity index (χ1) is 13.0. The van der Waals surface area contributed by atoms with Crippen LogP contribution < -0.4 is 0 Å². The average molecular weight is 417 g/mol. The summed E-state index contributed by atoms with van der Waals surface area (Å²) in [6.45, 7) is 4.66. The third kappa shape index (κ3) is 3.09. The predicted molar refractivity (Wildman–Crippen MR) is 103 cm³/mol. The summed E-state index contributed by atoms with van der Waals surface area (Å²) < 4.78 is 43.5. The van der Waals surface area contributed by atoms with Gasteiger partial charge in [0.1, 0.15) is 17.8 Å². The standard InChI is InChI=1S/C21H27F3O3S/c1-12(23)16-8-14(25)6-7-20(16,3)21(24)9-13-4-5-15(18(27)28-11-22)19(13,2)10-17(21)26/h6-8,12-13,15,17,26H,4-5,9-11H2,1-3H3/t12-,13?,15?,17?,19?,20?,21-/m0/s1. The molecule has 7 heteroatoms. The number of aliphatic hydroxyl groups is 1. The Balaban J connectivity index is 1.96. The van der Waals surface area contributed by atoms with Crippen LogP contribution in [0.4, 0.5) is 13.2 Å². The first-order valence-electron chi connectivity index (χ1n) is 9.68. The van der Waals surface area contributed by atoms with Gasteiger partial charge in [-0.1, -0.05) is 24.8 Å². The minimum Gasteiger partial charge on any atom is -0.390 e. The second-order valence-corrected chi connectivity index (χ2v) is 9.75. The van der Waals surface area contributed by atoms with Gasteiger partial charge in [-0.2, -0.15) is 0 Å². The predicted octanol–water partition coefficient (Wildman–Crippen LogP) is 4.50. The minimum atomic E-state index is -2.16. The van der Waals surface area contributed by atoms with E-state index in [0.717, 1.165) is 6.08 Å². The molecule has 2 saturated carbocycles. The molecule has 0 aromatic rings. The zero-order chi connectivity index (χ0) is 20.9. The van der Waals surface area contributed by atoms with Gasteiger partial charge in [-0.3, -0.25) is 9.59 Å². The highest BCUT2D eigenvalue weighted by Gasteiger charge is 2.65. The summed E-state index contributed by atoms with van der Waals surface area (Å²) in [6, 6.07) is -0.800. The molecule has 0 heterocycles. The monoisotopic (exact) mass is 416 g/mol. The van der Waals surface area contributed by atoms with Crippen LogP contribution >= 0.6 is 11.8 Å². The van der Waals surface area contributed by atoms with Gasteiger partial charge >= 0.3 is 0 Å². The fraction of sp³-hybridized carbons (Fsp3) is 0.714. The van der Waals surface area contributed by atoms with Crippen molar-refractivity contribution >= 4 is 22.7 Å². The lowest BCUT2D eigenvalue weighted by Crippen LogP contribution is -2.60. The van der Waals surface area contributed by atoms with E-state index < -0.39 is 46.5 Å². The number of thioether (sulfide) groups is 1. The lowest BCUT2D eigenvalue weighted by atomic mass is 9.53. The number of allylic oxidation sites excluding steroid dienone is 4. The number of hydrogen-bond donors (Lipinski definition) is 1. The van der Waals surface area contributed by atoms with Gasteiger partial charge in [0, 0.05) is 11.3 Å². The number of rotatable bonds is 4. The molecule has 0 bridgehead atoms. The van der Waals surface area contributed by atoms with Crippen molar-refractivity contribution in [1.82, 2.24) is 0 Å². The quantitative estimate of drug-likeness (QED) is 0.733. The highest BCUT2D eigenvalue weighted by atomic mass is 32.2. The summed E-state index contributed by atoms with van der Waals surface area (Å²) >= 11 is 0.627.